The van der Waals surface area contributed by atoms with Crippen molar-refractivity contribution >= 4 is 0 Å². The van der Waals surface area contributed by atoms with Crippen LogP contribution in [-0.4, -0.2) is 25.8 Å². The van der Waals surface area contributed by atoms with E-state index in [2.05, 4.69) is 26.1 Å². The van der Waals surface area contributed by atoms with Crippen molar-refractivity contribution < 1.29 is 4.74 Å². The number of unbranched alkanes of at least 4 members (excludes halogenated alkanes) is 6. The standard InChI is InChI=1S/C18H39NO/c1-4-7-8-9-10-11-12-14-18(19-16-5-2)15-13-17-20-6-3/h18-19H,4-17H2,1-3H3. The second-order valence-corrected chi connectivity index (χ2v) is 5.90. The number of nitrogens with one attached hydrogen (secondary N) is 1. The van der Waals surface area contributed by atoms with Crippen molar-refractivity contribution in [2.24, 2.45) is 0 Å². The van der Waals surface area contributed by atoms with Gasteiger partial charge >= 0.3 is 0 Å². The van der Waals surface area contributed by atoms with Crippen LogP contribution in [0.5, 0.6) is 0 Å². The molecule has 0 aliphatic heterocycles. The highest BCUT2D eigenvalue weighted by Gasteiger charge is 2.07. The summed E-state index contributed by atoms with van der Waals surface area (Å²) in [5.74, 6) is 0. The van der Waals surface area contributed by atoms with E-state index < -0.39 is 0 Å². The predicted octanol–water partition coefficient (Wildman–Crippen LogP) is 5.31. The maximum Gasteiger partial charge on any atom is 0.0466 e. The zero-order valence-electron chi connectivity index (χ0n) is 14.4. The zero-order chi connectivity index (χ0) is 14.9. The minimum atomic E-state index is 0.714. The average molecular weight is 286 g/mol. The molecule has 0 saturated carbocycles. The van der Waals surface area contributed by atoms with Gasteiger partial charge in [0.15, 0.2) is 0 Å². The Morgan fingerprint density at radius 3 is 2.05 bits per heavy atom. The Labute approximate surface area is 128 Å². The van der Waals surface area contributed by atoms with Gasteiger partial charge in [0.25, 0.3) is 0 Å². The molecule has 0 heterocycles. The lowest BCUT2D eigenvalue weighted by Crippen LogP contribution is -2.30. The summed E-state index contributed by atoms with van der Waals surface area (Å²) in [7, 11) is 0. The molecule has 0 saturated heterocycles. The van der Waals surface area contributed by atoms with Crippen molar-refractivity contribution in [3.05, 3.63) is 0 Å². The minimum absolute atomic E-state index is 0.714. The molecule has 122 valence electrons. The van der Waals surface area contributed by atoms with Crippen LogP contribution in [0.2, 0.25) is 0 Å². The van der Waals surface area contributed by atoms with Crippen molar-refractivity contribution in [3.8, 4) is 0 Å². The minimum Gasteiger partial charge on any atom is -0.382 e. The summed E-state index contributed by atoms with van der Waals surface area (Å²) in [5, 5.41) is 3.70. The van der Waals surface area contributed by atoms with Gasteiger partial charge in [-0.1, -0.05) is 58.8 Å². The first kappa shape index (κ1) is 19.9. The Kier molecular flexibility index (Phi) is 16.9. The summed E-state index contributed by atoms with van der Waals surface area (Å²) >= 11 is 0. The van der Waals surface area contributed by atoms with Gasteiger partial charge in [0.05, 0.1) is 0 Å². The van der Waals surface area contributed by atoms with Gasteiger partial charge in [-0.15, -0.1) is 0 Å². The number of ether oxygens (including phenoxy) is 1. The Bertz CT molecular complexity index is 173. The van der Waals surface area contributed by atoms with Crippen LogP contribution in [0.1, 0.15) is 91.4 Å². The lowest BCUT2D eigenvalue weighted by Gasteiger charge is -2.18. The molecular formula is C18H39NO. The highest BCUT2D eigenvalue weighted by Crippen LogP contribution is 2.12. The van der Waals surface area contributed by atoms with E-state index in [0.29, 0.717) is 6.04 Å². The third-order valence-electron chi connectivity index (χ3n) is 3.88. The van der Waals surface area contributed by atoms with Gasteiger partial charge in [-0.2, -0.15) is 0 Å². The summed E-state index contributed by atoms with van der Waals surface area (Å²) < 4.78 is 5.44. The molecule has 0 aromatic heterocycles. The van der Waals surface area contributed by atoms with Crippen LogP contribution in [0, 0.1) is 0 Å². The van der Waals surface area contributed by atoms with Gasteiger partial charge in [-0.3, -0.25) is 0 Å². The normalized spacial score (nSPS) is 12.8. The molecule has 0 aromatic carbocycles. The van der Waals surface area contributed by atoms with E-state index in [-0.39, 0.29) is 0 Å². The quantitative estimate of drug-likeness (QED) is 0.388. The van der Waals surface area contributed by atoms with Crippen LogP contribution < -0.4 is 5.32 Å². The number of hydrogen-bond acceptors (Lipinski definition) is 2. The Hall–Kier alpha value is -0.0800. The van der Waals surface area contributed by atoms with Crippen LogP contribution in [-0.2, 0) is 4.74 Å². The van der Waals surface area contributed by atoms with Gasteiger partial charge in [-0.25, -0.2) is 0 Å². The van der Waals surface area contributed by atoms with Crippen molar-refractivity contribution in [3.63, 3.8) is 0 Å². The molecule has 2 nitrogen and oxygen atoms in total. The molecule has 0 radical (unpaired) electrons. The molecule has 20 heavy (non-hydrogen) atoms. The average Bonchev–Trinajstić information content (AvgIpc) is 2.47. The lowest BCUT2D eigenvalue weighted by atomic mass is 10.0. The monoisotopic (exact) mass is 285 g/mol. The highest BCUT2D eigenvalue weighted by molar-refractivity contribution is 4.67. The Morgan fingerprint density at radius 1 is 0.750 bits per heavy atom. The molecule has 1 unspecified atom stereocenters. The molecule has 1 N–H and O–H groups in total. The van der Waals surface area contributed by atoms with E-state index in [1.165, 1.54) is 70.6 Å². The van der Waals surface area contributed by atoms with Crippen LogP contribution in [0.25, 0.3) is 0 Å². The van der Waals surface area contributed by atoms with E-state index in [0.717, 1.165) is 19.8 Å². The Morgan fingerprint density at radius 2 is 1.40 bits per heavy atom. The molecule has 0 amide bonds. The molecule has 0 spiro atoms. The summed E-state index contributed by atoms with van der Waals surface area (Å²) in [5.41, 5.74) is 0. The molecule has 0 aliphatic carbocycles. The fourth-order valence-electron chi connectivity index (χ4n) is 2.62. The van der Waals surface area contributed by atoms with E-state index in [1.807, 2.05) is 0 Å². The molecule has 0 aliphatic rings. The Balaban J connectivity index is 3.53. The third-order valence-corrected chi connectivity index (χ3v) is 3.88. The van der Waals surface area contributed by atoms with Gasteiger partial charge in [0, 0.05) is 19.3 Å². The first-order valence-corrected chi connectivity index (χ1v) is 9.16. The van der Waals surface area contributed by atoms with Crippen molar-refractivity contribution in [1.29, 1.82) is 0 Å². The molecule has 2 heteroatoms. The van der Waals surface area contributed by atoms with Crippen LogP contribution in [0.15, 0.2) is 0 Å². The van der Waals surface area contributed by atoms with Gasteiger partial charge in [-0.05, 0) is 39.2 Å². The fraction of sp³-hybridized carbons (Fsp3) is 1.00. The first-order valence-electron chi connectivity index (χ1n) is 9.16. The maximum absolute atomic E-state index is 5.44. The number of hydrogen-bond donors (Lipinski definition) is 1. The lowest BCUT2D eigenvalue weighted by molar-refractivity contribution is 0.140. The van der Waals surface area contributed by atoms with Crippen molar-refractivity contribution in [2.45, 2.75) is 97.4 Å². The second kappa shape index (κ2) is 17.0. The SMILES string of the molecule is CCCCCCCCCC(CCCOCC)NCCC. The molecule has 0 bridgehead atoms. The predicted molar refractivity (Wildman–Crippen MR) is 90.4 cm³/mol. The van der Waals surface area contributed by atoms with Gasteiger partial charge in [0.1, 0.15) is 0 Å². The molecule has 0 fully saturated rings. The topological polar surface area (TPSA) is 21.3 Å². The van der Waals surface area contributed by atoms with Crippen LogP contribution in [0.4, 0.5) is 0 Å². The second-order valence-electron chi connectivity index (χ2n) is 5.90. The summed E-state index contributed by atoms with van der Waals surface area (Å²) in [4.78, 5) is 0. The van der Waals surface area contributed by atoms with Crippen molar-refractivity contribution in [1.82, 2.24) is 5.32 Å². The maximum atomic E-state index is 5.44. The fourth-order valence-corrected chi connectivity index (χ4v) is 2.62. The summed E-state index contributed by atoms with van der Waals surface area (Å²) in [6.45, 7) is 9.55. The summed E-state index contributed by atoms with van der Waals surface area (Å²) in [6, 6.07) is 0.714. The van der Waals surface area contributed by atoms with E-state index in [9.17, 15) is 0 Å². The van der Waals surface area contributed by atoms with Gasteiger partial charge < -0.3 is 10.1 Å². The first-order chi connectivity index (χ1) is 9.85. The third kappa shape index (κ3) is 14.3. The summed E-state index contributed by atoms with van der Waals surface area (Å²) in [6.07, 6.45) is 14.9. The molecule has 0 aromatic rings. The smallest absolute Gasteiger partial charge is 0.0466 e. The van der Waals surface area contributed by atoms with Gasteiger partial charge in [0.2, 0.25) is 0 Å². The molecule has 0 rings (SSSR count). The van der Waals surface area contributed by atoms with E-state index in [1.54, 1.807) is 0 Å². The van der Waals surface area contributed by atoms with Crippen LogP contribution >= 0.6 is 0 Å². The molecular weight excluding hydrogens is 246 g/mol. The highest BCUT2D eigenvalue weighted by atomic mass is 16.5. The zero-order valence-corrected chi connectivity index (χ0v) is 14.4. The molecule has 1 atom stereocenters. The van der Waals surface area contributed by atoms with E-state index in [4.69, 9.17) is 4.74 Å². The largest absolute Gasteiger partial charge is 0.382 e. The van der Waals surface area contributed by atoms with Crippen molar-refractivity contribution in [2.75, 3.05) is 19.8 Å². The number of rotatable bonds is 16. The van der Waals surface area contributed by atoms with E-state index >= 15 is 0 Å². The van der Waals surface area contributed by atoms with Crippen LogP contribution in [0.3, 0.4) is 0 Å².